The molecule has 1 amide bonds. The van der Waals surface area contributed by atoms with Crippen LogP contribution in [0.2, 0.25) is 0 Å². The van der Waals surface area contributed by atoms with Crippen LogP contribution in [0.25, 0.3) is 10.9 Å². The summed E-state index contributed by atoms with van der Waals surface area (Å²) >= 11 is 0. The van der Waals surface area contributed by atoms with Crippen LogP contribution in [0.5, 0.6) is 0 Å². The molecule has 2 aromatic rings. The van der Waals surface area contributed by atoms with Crippen molar-refractivity contribution in [3.8, 4) is 0 Å². The fourth-order valence-corrected chi connectivity index (χ4v) is 3.40. The van der Waals surface area contributed by atoms with Crippen LogP contribution in [0.15, 0.2) is 24.3 Å². The summed E-state index contributed by atoms with van der Waals surface area (Å²) in [6, 6.07) is 8.75. The maximum atomic E-state index is 12.5. The smallest absolute Gasteiger partial charge is 0.227 e. The van der Waals surface area contributed by atoms with Gasteiger partial charge >= 0.3 is 0 Å². The Morgan fingerprint density at radius 1 is 1.32 bits per heavy atom. The predicted molar refractivity (Wildman–Crippen MR) is 88.1 cm³/mol. The second-order valence-electron chi connectivity index (χ2n) is 6.38. The molecule has 1 saturated heterocycles. The molecule has 1 fully saturated rings. The molecule has 0 radical (unpaired) electrons. The van der Waals surface area contributed by atoms with Crippen LogP contribution in [0, 0.1) is 6.92 Å². The van der Waals surface area contributed by atoms with Crippen molar-refractivity contribution in [2.45, 2.75) is 39.3 Å². The van der Waals surface area contributed by atoms with E-state index in [0.29, 0.717) is 12.5 Å². The second-order valence-corrected chi connectivity index (χ2v) is 6.38. The third-order valence-electron chi connectivity index (χ3n) is 4.67. The number of fused-ring (bicyclic) bond motifs is 1. The first-order chi connectivity index (χ1) is 10.5. The third-order valence-corrected chi connectivity index (χ3v) is 4.67. The fourth-order valence-electron chi connectivity index (χ4n) is 3.40. The minimum absolute atomic E-state index is 0.197. The predicted octanol–water partition coefficient (Wildman–Crippen LogP) is 2.93. The quantitative estimate of drug-likeness (QED) is 0.870. The summed E-state index contributed by atoms with van der Waals surface area (Å²) in [4.78, 5) is 14.4. The molecule has 0 saturated carbocycles. The zero-order valence-electron chi connectivity index (χ0n) is 13.8. The Hall–Kier alpha value is -1.81. The highest BCUT2D eigenvalue weighted by Crippen LogP contribution is 2.30. The number of amides is 1. The molecule has 0 aliphatic carbocycles. The summed E-state index contributed by atoms with van der Waals surface area (Å²) in [7, 11) is 1.70. The molecular weight excluding hydrogens is 276 g/mol. The van der Waals surface area contributed by atoms with Gasteiger partial charge < -0.3 is 14.2 Å². The number of hydrogen-bond acceptors (Lipinski definition) is 2. The minimum Gasteiger partial charge on any atom is -0.378 e. The van der Waals surface area contributed by atoms with Crippen LogP contribution in [-0.2, 0) is 16.0 Å². The van der Waals surface area contributed by atoms with Crippen molar-refractivity contribution in [2.24, 2.45) is 0 Å². The zero-order chi connectivity index (χ0) is 15.9. The molecule has 4 nitrogen and oxygen atoms in total. The molecule has 0 unspecified atom stereocenters. The van der Waals surface area contributed by atoms with Crippen molar-refractivity contribution in [3.63, 3.8) is 0 Å². The third kappa shape index (κ3) is 2.41. The molecule has 0 spiro atoms. The van der Waals surface area contributed by atoms with Crippen LogP contribution >= 0.6 is 0 Å². The average Bonchev–Trinajstić information content (AvgIpc) is 2.71. The molecule has 1 aliphatic rings. The number of likely N-dealkylation sites (tertiary alicyclic amines) is 1. The van der Waals surface area contributed by atoms with E-state index >= 15 is 0 Å². The lowest BCUT2D eigenvalue weighted by Crippen LogP contribution is -2.54. The molecule has 1 aromatic heterocycles. The van der Waals surface area contributed by atoms with Gasteiger partial charge in [-0.25, -0.2) is 0 Å². The van der Waals surface area contributed by atoms with E-state index in [2.05, 4.69) is 43.5 Å². The molecule has 0 bridgehead atoms. The van der Waals surface area contributed by atoms with E-state index in [0.717, 1.165) is 18.7 Å². The number of benzene rings is 1. The summed E-state index contributed by atoms with van der Waals surface area (Å²) < 4.78 is 7.57. The largest absolute Gasteiger partial charge is 0.378 e. The molecule has 1 aromatic carbocycles. The number of carbonyl (C=O) groups is 1. The highest BCUT2D eigenvalue weighted by Gasteiger charge is 2.31. The normalized spacial score (nSPS) is 15.6. The molecule has 1 aliphatic heterocycles. The lowest BCUT2D eigenvalue weighted by atomic mass is 10.0. The van der Waals surface area contributed by atoms with E-state index in [1.165, 1.54) is 16.6 Å². The number of rotatable bonds is 4. The van der Waals surface area contributed by atoms with Gasteiger partial charge in [-0.3, -0.25) is 4.79 Å². The summed E-state index contributed by atoms with van der Waals surface area (Å²) in [6.07, 6.45) is 0.685. The first-order valence-electron chi connectivity index (χ1n) is 7.92. The first-order valence-corrected chi connectivity index (χ1v) is 7.92. The van der Waals surface area contributed by atoms with E-state index in [1.54, 1.807) is 7.11 Å². The Morgan fingerprint density at radius 2 is 2.00 bits per heavy atom. The van der Waals surface area contributed by atoms with E-state index in [-0.39, 0.29) is 12.0 Å². The Balaban J connectivity index is 1.91. The van der Waals surface area contributed by atoms with Gasteiger partial charge in [0.25, 0.3) is 0 Å². The van der Waals surface area contributed by atoms with Gasteiger partial charge in [-0.1, -0.05) is 18.2 Å². The van der Waals surface area contributed by atoms with Crippen LogP contribution in [0.1, 0.15) is 31.1 Å². The molecule has 3 rings (SSSR count). The van der Waals surface area contributed by atoms with Crippen molar-refractivity contribution in [1.29, 1.82) is 0 Å². The molecule has 4 heteroatoms. The number of hydrogen-bond donors (Lipinski definition) is 0. The number of nitrogens with zero attached hydrogens (tertiary/aromatic N) is 2. The van der Waals surface area contributed by atoms with Crippen molar-refractivity contribution < 1.29 is 9.53 Å². The summed E-state index contributed by atoms with van der Waals surface area (Å²) in [5.74, 6) is 0.197. The van der Waals surface area contributed by atoms with E-state index in [1.807, 2.05) is 11.0 Å². The Labute approximate surface area is 131 Å². The number of aromatic nitrogens is 1. The SMILES string of the molecule is COC1CN(C(=O)Cc2c(C)n(C(C)C)c3ccccc23)C1. The van der Waals surface area contributed by atoms with Crippen LogP contribution in [-0.4, -0.2) is 41.7 Å². The lowest BCUT2D eigenvalue weighted by Gasteiger charge is -2.38. The average molecular weight is 300 g/mol. The number of carbonyl (C=O) groups excluding carboxylic acids is 1. The van der Waals surface area contributed by atoms with Crippen LogP contribution in [0.4, 0.5) is 0 Å². The highest BCUT2D eigenvalue weighted by atomic mass is 16.5. The maximum Gasteiger partial charge on any atom is 0.227 e. The van der Waals surface area contributed by atoms with Crippen molar-refractivity contribution in [1.82, 2.24) is 9.47 Å². The van der Waals surface area contributed by atoms with Gasteiger partial charge in [0.2, 0.25) is 5.91 Å². The van der Waals surface area contributed by atoms with E-state index in [9.17, 15) is 4.79 Å². The molecule has 0 atom stereocenters. The Kier molecular flexibility index (Phi) is 3.96. The summed E-state index contributed by atoms with van der Waals surface area (Å²) in [5, 5.41) is 1.20. The van der Waals surface area contributed by atoms with Gasteiger partial charge in [0.15, 0.2) is 0 Å². The lowest BCUT2D eigenvalue weighted by molar-refractivity contribution is -0.142. The first kappa shape index (κ1) is 15.1. The van der Waals surface area contributed by atoms with Gasteiger partial charge in [-0.2, -0.15) is 0 Å². The molecule has 0 N–H and O–H groups in total. The number of ether oxygens (including phenoxy) is 1. The van der Waals surface area contributed by atoms with Crippen LogP contribution < -0.4 is 0 Å². The van der Waals surface area contributed by atoms with Gasteiger partial charge in [0.05, 0.1) is 12.5 Å². The Morgan fingerprint density at radius 3 is 2.64 bits per heavy atom. The number of methoxy groups -OCH3 is 1. The standard InChI is InChI=1S/C18H24N2O2/c1-12(2)20-13(3)16(15-7-5-6-8-17(15)20)9-18(21)19-10-14(11-19)22-4/h5-8,12,14H,9-11H2,1-4H3. The molecule has 22 heavy (non-hydrogen) atoms. The van der Waals surface area contributed by atoms with Gasteiger partial charge in [0, 0.05) is 42.8 Å². The Bertz CT molecular complexity index is 696. The van der Waals surface area contributed by atoms with Gasteiger partial charge in [-0.05, 0) is 32.4 Å². The monoisotopic (exact) mass is 300 g/mol. The van der Waals surface area contributed by atoms with Crippen molar-refractivity contribution in [2.75, 3.05) is 20.2 Å². The van der Waals surface area contributed by atoms with Crippen molar-refractivity contribution >= 4 is 16.8 Å². The molecule has 2 heterocycles. The molecule has 118 valence electrons. The minimum atomic E-state index is 0.197. The van der Waals surface area contributed by atoms with Crippen LogP contribution in [0.3, 0.4) is 0 Å². The van der Waals surface area contributed by atoms with E-state index < -0.39 is 0 Å². The highest BCUT2D eigenvalue weighted by molar-refractivity contribution is 5.91. The van der Waals surface area contributed by atoms with Gasteiger partial charge in [-0.15, -0.1) is 0 Å². The van der Waals surface area contributed by atoms with E-state index in [4.69, 9.17) is 4.74 Å². The maximum absolute atomic E-state index is 12.5. The summed E-state index contributed by atoms with van der Waals surface area (Å²) in [6.45, 7) is 7.93. The second kappa shape index (κ2) is 5.76. The zero-order valence-corrected chi connectivity index (χ0v) is 13.8. The number of para-hydroxylation sites is 1. The fraction of sp³-hybridized carbons (Fsp3) is 0.500. The topological polar surface area (TPSA) is 34.5 Å². The van der Waals surface area contributed by atoms with Crippen molar-refractivity contribution in [3.05, 3.63) is 35.5 Å². The van der Waals surface area contributed by atoms with Gasteiger partial charge in [0.1, 0.15) is 0 Å². The summed E-state index contributed by atoms with van der Waals surface area (Å²) in [5.41, 5.74) is 3.58. The molecular formula is C18H24N2O2.